The third-order valence-electron chi connectivity index (χ3n) is 12.0. The largest absolute Gasteiger partial charge is 0.445 e. The van der Waals surface area contributed by atoms with Crippen molar-refractivity contribution in [1.29, 1.82) is 0 Å². The van der Waals surface area contributed by atoms with Gasteiger partial charge >= 0.3 is 12.2 Å². The Bertz CT molecular complexity index is 2580. The number of hydrogen-bond acceptors (Lipinski definition) is 12. The van der Waals surface area contributed by atoms with Gasteiger partial charge in [0.2, 0.25) is 47.3 Å². The van der Waals surface area contributed by atoms with Crippen LogP contribution in [-0.4, -0.2) is 135 Å². The minimum absolute atomic E-state index is 0.000561. The second-order valence-electron chi connectivity index (χ2n) is 18.2. The van der Waals surface area contributed by atoms with E-state index in [1.54, 1.807) is 60.7 Å². The molecular formula is C55H68N10O12. The predicted octanol–water partition coefficient (Wildman–Crippen LogP) is 1.43. The summed E-state index contributed by atoms with van der Waals surface area (Å²) in [5, 5.41) is 23.5. The minimum atomic E-state index is -1.29. The molecule has 410 valence electrons. The normalized spacial score (nSPS) is 18.6. The lowest BCUT2D eigenvalue weighted by atomic mass is 10.0. The van der Waals surface area contributed by atoms with E-state index in [9.17, 15) is 47.9 Å². The zero-order valence-electron chi connectivity index (χ0n) is 43.0. The number of likely N-dealkylation sites (N-methyl/N-ethyl adjacent to an activating group) is 1. The van der Waals surface area contributed by atoms with Gasteiger partial charge in [-0.3, -0.25) is 38.4 Å². The van der Waals surface area contributed by atoms with Gasteiger partial charge in [0.1, 0.15) is 37.4 Å². The minimum Gasteiger partial charge on any atom is -0.445 e. The fraction of sp³-hybridized carbons (Fsp3) is 0.382. The summed E-state index contributed by atoms with van der Waals surface area (Å²) in [7, 11) is 1.32. The molecule has 22 heteroatoms. The first kappa shape index (κ1) is 59.1. The van der Waals surface area contributed by atoms with Gasteiger partial charge in [-0.05, 0) is 60.8 Å². The summed E-state index contributed by atoms with van der Waals surface area (Å²) in [6.45, 7) is -1.91. The van der Waals surface area contributed by atoms with Crippen LogP contribution in [-0.2, 0) is 73.9 Å². The van der Waals surface area contributed by atoms with Gasteiger partial charge in [0.25, 0.3) is 0 Å². The summed E-state index contributed by atoms with van der Waals surface area (Å²) in [6.07, 6.45) is -0.0960. The van der Waals surface area contributed by atoms with E-state index >= 15 is 0 Å². The molecule has 1 heterocycles. The van der Waals surface area contributed by atoms with Crippen molar-refractivity contribution < 1.29 is 57.4 Å². The number of amides is 10. The number of unbranched alkanes of at least 4 members (excludes halogenated alkanes) is 2. The molecule has 0 radical (unpaired) electrons. The Labute approximate surface area is 446 Å². The van der Waals surface area contributed by atoms with Crippen LogP contribution in [0.3, 0.4) is 0 Å². The van der Waals surface area contributed by atoms with E-state index in [1.807, 2.05) is 60.7 Å². The van der Waals surface area contributed by atoms with Crippen molar-refractivity contribution in [2.75, 3.05) is 46.3 Å². The van der Waals surface area contributed by atoms with Crippen LogP contribution >= 0.6 is 0 Å². The summed E-state index contributed by atoms with van der Waals surface area (Å²) in [5.74, 6) is -6.00. The first-order valence-corrected chi connectivity index (χ1v) is 25.4. The number of benzene rings is 4. The molecular weight excluding hydrogens is 993 g/mol. The van der Waals surface area contributed by atoms with Crippen LogP contribution < -0.4 is 47.9 Å². The smallest absolute Gasteiger partial charge is 0.407 e. The maximum atomic E-state index is 14.2. The van der Waals surface area contributed by atoms with Crippen LogP contribution in [0.25, 0.3) is 0 Å². The second kappa shape index (κ2) is 32.5. The van der Waals surface area contributed by atoms with Gasteiger partial charge in [-0.2, -0.15) is 0 Å². The molecule has 1 saturated heterocycles. The Hall–Kier alpha value is -8.82. The number of nitrogens with one attached hydrogen (secondary N) is 9. The molecule has 0 bridgehead atoms. The van der Waals surface area contributed by atoms with Crippen LogP contribution in [0.1, 0.15) is 60.8 Å². The molecule has 4 aromatic carbocycles. The molecule has 22 nitrogen and oxygen atoms in total. The van der Waals surface area contributed by atoms with Crippen molar-refractivity contribution >= 4 is 59.4 Å². The van der Waals surface area contributed by atoms with Crippen LogP contribution in [0.2, 0.25) is 0 Å². The van der Waals surface area contributed by atoms with Gasteiger partial charge in [-0.25, -0.2) is 9.59 Å². The summed E-state index contributed by atoms with van der Waals surface area (Å²) >= 11 is 0. The highest BCUT2D eigenvalue weighted by atomic mass is 16.6. The lowest BCUT2D eigenvalue weighted by molar-refractivity contribution is -0.136. The molecule has 0 saturated carbocycles. The van der Waals surface area contributed by atoms with Crippen molar-refractivity contribution in [2.45, 2.75) is 88.7 Å². The number of rotatable bonds is 18. The second-order valence-corrected chi connectivity index (χ2v) is 18.2. The zero-order valence-corrected chi connectivity index (χ0v) is 43.0. The summed E-state index contributed by atoms with van der Waals surface area (Å²) in [4.78, 5) is 135. The molecule has 0 aliphatic carbocycles. The molecule has 1 fully saturated rings. The van der Waals surface area contributed by atoms with Crippen LogP contribution in [0.4, 0.5) is 9.59 Å². The standard InChI is InChI=1S/C55H68N10O12/c1-65-35-48(68)58-32-46(66)61-43(27-15-17-29-57-55(75)77-37-41-24-12-5-13-25-41)52(72)63-42(26-14-16-28-56-54(74)76-36-40-22-10-4-11-23-40)50(70)59-33-47(67)62-45(31-39-20-8-3-9-21-39)53(73)64-44(51(71)60-34-49(65)69)30-38-18-6-2-7-19-38/h2-13,18-25,42-45H,14-17,26-37H2,1H3,(H,56,74)(H,57,75)(H,58,68)(H,59,70)(H,60,71)(H,61,66)(H,62,67)(H,63,72)(H,64,73)/t42-,43-,44-,45-/m0/s1. The van der Waals surface area contributed by atoms with Gasteiger partial charge in [0.05, 0.1) is 26.2 Å². The fourth-order valence-corrected chi connectivity index (χ4v) is 7.82. The summed E-state index contributed by atoms with van der Waals surface area (Å²) < 4.78 is 10.5. The number of carbonyl (C=O) groups excluding carboxylic acids is 10. The molecule has 4 atom stereocenters. The number of carbonyl (C=O) groups is 10. The fourth-order valence-electron chi connectivity index (χ4n) is 7.82. The van der Waals surface area contributed by atoms with E-state index in [1.165, 1.54) is 7.05 Å². The molecule has 9 N–H and O–H groups in total. The Morgan fingerprint density at radius 3 is 1.32 bits per heavy atom. The first-order valence-electron chi connectivity index (χ1n) is 25.4. The van der Waals surface area contributed by atoms with Gasteiger partial charge in [-0.15, -0.1) is 0 Å². The van der Waals surface area contributed by atoms with Gasteiger partial charge < -0.3 is 62.2 Å². The Kier molecular flexibility index (Phi) is 24.9. The van der Waals surface area contributed by atoms with Crippen molar-refractivity contribution in [3.05, 3.63) is 144 Å². The van der Waals surface area contributed by atoms with E-state index in [0.29, 0.717) is 24.0 Å². The zero-order chi connectivity index (χ0) is 55.2. The maximum Gasteiger partial charge on any atom is 0.407 e. The topological polar surface area (TPSA) is 301 Å². The molecule has 10 amide bonds. The highest BCUT2D eigenvalue weighted by Gasteiger charge is 2.30. The predicted molar refractivity (Wildman–Crippen MR) is 282 cm³/mol. The van der Waals surface area contributed by atoms with Crippen LogP contribution in [0.5, 0.6) is 0 Å². The van der Waals surface area contributed by atoms with Crippen molar-refractivity contribution in [2.24, 2.45) is 0 Å². The highest BCUT2D eigenvalue weighted by molar-refractivity contribution is 5.97. The quantitative estimate of drug-likeness (QED) is 0.0640. The van der Waals surface area contributed by atoms with Gasteiger partial charge in [-0.1, -0.05) is 121 Å². The van der Waals surface area contributed by atoms with Crippen molar-refractivity contribution in [3.8, 4) is 0 Å². The van der Waals surface area contributed by atoms with Crippen molar-refractivity contribution in [1.82, 2.24) is 52.8 Å². The Morgan fingerprint density at radius 1 is 0.455 bits per heavy atom. The number of hydrogen-bond donors (Lipinski definition) is 9. The summed E-state index contributed by atoms with van der Waals surface area (Å²) in [6, 6.07) is 30.7. The van der Waals surface area contributed by atoms with E-state index < -0.39 is 110 Å². The third kappa shape index (κ3) is 22.7. The molecule has 0 spiro atoms. The van der Waals surface area contributed by atoms with Gasteiger partial charge in [0, 0.05) is 33.0 Å². The Balaban J connectivity index is 1.33. The lowest BCUT2D eigenvalue weighted by Gasteiger charge is -2.25. The molecule has 0 aromatic heterocycles. The molecule has 0 unspecified atom stereocenters. The van der Waals surface area contributed by atoms with E-state index in [0.717, 1.165) is 16.0 Å². The highest BCUT2D eigenvalue weighted by Crippen LogP contribution is 2.10. The molecule has 5 rings (SSSR count). The van der Waals surface area contributed by atoms with Crippen molar-refractivity contribution in [3.63, 3.8) is 0 Å². The monoisotopic (exact) mass is 1060 g/mol. The number of alkyl carbamates (subject to hydrolysis) is 2. The molecule has 1 aliphatic rings. The average Bonchev–Trinajstić information content (AvgIpc) is 3.43. The van der Waals surface area contributed by atoms with Crippen LogP contribution in [0.15, 0.2) is 121 Å². The van der Waals surface area contributed by atoms with E-state index in [4.69, 9.17) is 9.47 Å². The third-order valence-corrected chi connectivity index (χ3v) is 12.0. The summed E-state index contributed by atoms with van der Waals surface area (Å²) in [5.41, 5.74) is 2.93. The van der Waals surface area contributed by atoms with E-state index in [-0.39, 0.29) is 64.8 Å². The number of nitrogens with zero attached hydrogens (tertiary/aromatic N) is 1. The molecule has 4 aromatic rings. The molecule has 1 aliphatic heterocycles. The average molecular weight is 1060 g/mol. The lowest BCUT2D eigenvalue weighted by Crippen LogP contribution is -2.57. The SMILES string of the molecule is CN1CC(=O)NCC(=O)N[C@@H](CCCCNC(=O)OCc2ccccc2)C(=O)N[C@@H](CCCCNC(=O)OCc2ccccc2)C(=O)NCC(=O)N[C@@H](Cc2ccccc2)C(=O)N[C@@H](Cc2ccccc2)C(=O)NCC1=O. The number of ether oxygens (including phenoxy) is 2. The van der Waals surface area contributed by atoms with E-state index in [2.05, 4.69) is 47.9 Å². The Morgan fingerprint density at radius 2 is 0.831 bits per heavy atom. The first-order chi connectivity index (χ1) is 37.2. The van der Waals surface area contributed by atoms with Gasteiger partial charge in [0.15, 0.2) is 0 Å². The molecule has 77 heavy (non-hydrogen) atoms. The van der Waals surface area contributed by atoms with Crippen LogP contribution in [0, 0.1) is 0 Å². The maximum absolute atomic E-state index is 14.2.